The summed E-state index contributed by atoms with van der Waals surface area (Å²) in [5.41, 5.74) is 9.15. The van der Waals surface area contributed by atoms with Crippen LogP contribution < -0.4 is 10.7 Å². The summed E-state index contributed by atoms with van der Waals surface area (Å²) >= 11 is 0. The Kier molecular flexibility index (Phi) is 5.56. The van der Waals surface area contributed by atoms with Crippen LogP contribution in [0.1, 0.15) is 49.3 Å². The summed E-state index contributed by atoms with van der Waals surface area (Å²) in [5, 5.41) is 15.9. The van der Waals surface area contributed by atoms with Crippen molar-refractivity contribution in [1.82, 2.24) is 20.4 Å². The number of aromatic nitrogens is 3. The Hall–Kier alpha value is -4.46. The molecule has 3 heterocycles. The number of amides is 1. The molecular formula is C30H30N6O2. The van der Waals surface area contributed by atoms with Crippen molar-refractivity contribution < 1.29 is 9.32 Å². The average molecular weight is 507 g/mol. The van der Waals surface area contributed by atoms with Gasteiger partial charge in [0, 0.05) is 30.3 Å². The number of allylic oxidation sites excluding steroid dienone is 6. The molecule has 2 aliphatic carbocycles. The molecule has 3 aliphatic rings. The second-order valence-corrected chi connectivity index (χ2v) is 11.0. The molecule has 0 saturated heterocycles. The lowest BCUT2D eigenvalue weighted by Crippen LogP contribution is -2.37. The minimum atomic E-state index is -0.392. The molecule has 2 unspecified atom stereocenters. The molecule has 1 amide bonds. The lowest BCUT2D eigenvalue weighted by Gasteiger charge is -2.38. The smallest absolute Gasteiger partial charge is 0.230 e. The van der Waals surface area contributed by atoms with Gasteiger partial charge in [-0.05, 0) is 34.4 Å². The van der Waals surface area contributed by atoms with Gasteiger partial charge < -0.3 is 15.3 Å². The first-order valence-corrected chi connectivity index (χ1v) is 12.7. The molecule has 1 aliphatic heterocycles. The lowest BCUT2D eigenvalue weighted by atomic mass is 9.64. The first-order chi connectivity index (χ1) is 18.2. The Bertz CT molecular complexity index is 1560. The van der Waals surface area contributed by atoms with Crippen molar-refractivity contribution in [2.24, 2.45) is 17.6 Å². The molecule has 0 radical (unpaired) electrons. The summed E-state index contributed by atoms with van der Waals surface area (Å²) in [6.45, 7) is 6.11. The van der Waals surface area contributed by atoms with Gasteiger partial charge in [0.25, 0.3) is 0 Å². The van der Waals surface area contributed by atoms with Crippen LogP contribution in [-0.2, 0) is 23.7 Å². The first kappa shape index (κ1) is 23.9. The van der Waals surface area contributed by atoms with Crippen LogP contribution >= 0.6 is 0 Å². The number of nitrogens with one attached hydrogen (secondary N) is 2. The maximum Gasteiger partial charge on any atom is 0.230 e. The van der Waals surface area contributed by atoms with Crippen LogP contribution in [0, 0.1) is 5.41 Å². The van der Waals surface area contributed by atoms with Crippen LogP contribution in [0.25, 0.3) is 5.57 Å². The molecule has 8 nitrogen and oxygen atoms in total. The van der Waals surface area contributed by atoms with E-state index >= 15 is 0 Å². The predicted octanol–water partition coefficient (Wildman–Crippen LogP) is 5.02. The molecule has 0 bridgehead atoms. The van der Waals surface area contributed by atoms with Crippen LogP contribution in [0.3, 0.4) is 0 Å². The van der Waals surface area contributed by atoms with Gasteiger partial charge in [0.15, 0.2) is 5.82 Å². The molecule has 1 spiro atoms. The zero-order chi connectivity index (χ0) is 26.5. The number of carbonyl (C=O) groups excluding carboxylic acids is 1. The van der Waals surface area contributed by atoms with E-state index in [1.165, 1.54) is 5.57 Å². The monoisotopic (exact) mass is 506 g/mol. The van der Waals surface area contributed by atoms with Crippen molar-refractivity contribution in [3.63, 3.8) is 0 Å². The molecule has 192 valence electrons. The van der Waals surface area contributed by atoms with Crippen LogP contribution in [0.5, 0.6) is 0 Å². The normalized spacial score (nSPS) is 21.7. The summed E-state index contributed by atoms with van der Waals surface area (Å²) in [6.07, 6.45) is 17.0. The zero-order valence-corrected chi connectivity index (χ0v) is 21.9. The van der Waals surface area contributed by atoms with Crippen molar-refractivity contribution in [2.45, 2.75) is 38.6 Å². The number of rotatable bonds is 5. The molecule has 0 saturated carbocycles. The second-order valence-electron chi connectivity index (χ2n) is 11.0. The number of hydrazone groups is 1. The standard InChI is InChI=1S/C30H30N6O2/c1-29(2,3)25-16-26(35-38-25)32-27(37)13-19-8-10-20(11-9-19)28-30-12-6-5-7-23(30)14-21(15-24(30)33-34-28)22-17-31-36(4)18-22/h5-12,14-18,28,34H,13H2,1-4H3,(H,32,35,37). The quantitative estimate of drug-likeness (QED) is 0.506. The van der Waals surface area contributed by atoms with Crippen molar-refractivity contribution in [3.8, 4) is 0 Å². The fourth-order valence-electron chi connectivity index (χ4n) is 5.21. The highest BCUT2D eigenvalue weighted by Crippen LogP contribution is 2.51. The Morgan fingerprint density at radius 2 is 2.00 bits per heavy atom. The predicted molar refractivity (Wildman–Crippen MR) is 147 cm³/mol. The summed E-state index contributed by atoms with van der Waals surface area (Å²) in [4.78, 5) is 12.6. The number of hydrogen-bond acceptors (Lipinski definition) is 6. The number of benzene rings is 1. The second kappa shape index (κ2) is 8.83. The van der Waals surface area contributed by atoms with Gasteiger partial charge in [0.05, 0.1) is 29.8 Å². The van der Waals surface area contributed by atoms with Gasteiger partial charge in [-0.25, -0.2) is 0 Å². The Morgan fingerprint density at radius 1 is 1.18 bits per heavy atom. The Labute approximate surface area is 221 Å². The third-order valence-electron chi connectivity index (χ3n) is 7.25. The number of anilines is 1. The molecule has 2 atom stereocenters. The molecule has 3 aromatic rings. The van der Waals surface area contributed by atoms with Crippen molar-refractivity contribution in [2.75, 3.05) is 5.32 Å². The van der Waals surface area contributed by atoms with Crippen molar-refractivity contribution in [1.29, 1.82) is 0 Å². The van der Waals surface area contributed by atoms with Crippen LogP contribution in [-0.4, -0.2) is 26.6 Å². The number of nitrogens with zero attached hydrogens (tertiary/aromatic N) is 4. The van der Waals surface area contributed by atoms with Gasteiger partial charge in [0.2, 0.25) is 5.91 Å². The molecular weight excluding hydrogens is 476 g/mol. The van der Waals surface area contributed by atoms with Gasteiger partial charge in [-0.2, -0.15) is 10.2 Å². The summed E-state index contributed by atoms with van der Waals surface area (Å²) in [7, 11) is 1.92. The summed E-state index contributed by atoms with van der Waals surface area (Å²) in [6, 6.07) is 9.86. The molecule has 2 N–H and O–H groups in total. The summed E-state index contributed by atoms with van der Waals surface area (Å²) in [5.74, 6) is 1.02. The van der Waals surface area contributed by atoms with Crippen molar-refractivity contribution >= 4 is 23.0 Å². The van der Waals surface area contributed by atoms with E-state index in [0.29, 0.717) is 5.82 Å². The third kappa shape index (κ3) is 4.12. The van der Waals surface area contributed by atoms with E-state index in [4.69, 9.17) is 9.62 Å². The van der Waals surface area contributed by atoms with Crippen molar-refractivity contribution in [3.05, 3.63) is 107 Å². The van der Waals surface area contributed by atoms with Gasteiger partial charge in [-0.1, -0.05) is 74.5 Å². The third-order valence-corrected chi connectivity index (χ3v) is 7.25. The number of hydrogen-bond donors (Lipinski definition) is 2. The fraction of sp³-hybridized carbons (Fsp3) is 0.267. The lowest BCUT2D eigenvalue weighted by molar-refractivity contribution is -0.115. The van der Waals surface area contributed by atoms with E-state index in [0.717, 1.165) is 33.7 Å². The van der Waals surface area contributed by atoms with E-state index in [2.05, 4.69) is 69.6 Å². The number of aryl methyl sites for hydroxylation is 1. The van der Waals surface area contributed by atoms with Crippen LogP contribution in [0.4, 0.5) is 5.82 Å². The highest BCUT2D eigenvalue weighted by atomic mass is 16.5. The van der Waals surface area contributed by atoms with Gasteiger partial charge in [-0.15, -0.1) is 0 Å². The molecule has 8 heteroatoms. The van der Waals surface area contributed by atoms with Gasteiger partial charge in [0.1, 0.15) is 5.76 Å². The van der Waals surface area contributed by atoms with Gasteiger partial charge in [-0.3, -0.25) is 9.48 Å². The highest BCUT2D eigenvalue weighted by Gasteiger charge is 2.49. The van der Waals surface area contributed by atoms with E-state index in [1.54, 1.807) is 10.7 Å². The van der Waals surface area contributed by atoms with Crippen LogP contribution in [0.2, 0.25) is 0 Å². The summed E-state index contributed by atoms with van der Waals surface area (Å²) < 4.78 is 7.17. The van der Waals surface area contributed by atoms with E-state index in [9.17, 15) is 4.79 Å². The molecule has 2 aromatic heterocycles. The first-order valence-electron chi connectivity index (χ1n) is 12.7. The largest absolute Gasteiger partial charge is 0.359 e. The van der Waals surface area contributed by atoms with E-state index < -0.39 is 5.41 Å². The minimum Gasteiger partial charge on any atom is -0.359 e. The topological polar surface area (TPSA) is 97.3 Å². The highest BCUT2D eigenvalue weighted by molar-refractivity contribution is 6.13. The maximum atomic E-state index is 12.6. The minimum absolute atomic E-state index is 0.0644. The van der Waals surface area contributed by atoms with E-state index in [-0.39, 0.29) is 23.8 Å². The fourth-order valence-corrected chi connectivity index (χ4v) is 5.21. The SMILES string of the molecule is Cn1cc(C2=CC3=NNC(c4ccc(CC(=O)Nc5cc(C(C)(C)C)on5)cc4)C34C=CC=CC4=C2)cn1. The molecule has 6 rings (SSSR count). The average Bonchev–Trinajstić information content (AvgIpc) is 3.62. The molecule has 38 heavy (non-hydrogen) atoms. The molecule has 0 fully saturated rings. The molecule has 1 aromatic carbocycles. The Morgan fingerprint density at radius 3 is 2.71 bits per heavy atom. The zero-order valence-electron chi connectivity index (χ0n) is 21.9. The maximum absolute atomic E-state index is 12.6. The van der Waals surface area contributed by atoms with E-state index in [1.807, 2.05) is 52.3 Å². The number of carbonyl (C=O) groups is 1. The van der Waals surface area contributed by atoms with Gasteiger partial charge >= 0.3 is 0 Å². The Balaban J connectivity index is 1.20. The van der Waals surface area contributed by atoms with Crippen LogP contribution in [0.15, 0.2) is 94.4 Å².